The molecule has 0 N–H and O–H groups in total. The van der Waals surface area contributed by atoms with Gasteiger partial charge < -0.3 is 19.1 Å². The molecule has 1 saturated carbocycles. The number of carbonyl (C=O) groups is 3. The molecule has 3 aromatic carbocycles. The SMILES string of the molecule is CC(=O)Oc1ccc2c3c1O[C@H]1[C@H](N(CC(C)C)C(=O)Cc4ccc(Cl)c(Cl)c4)CC[C@@]4(OC(C)=O)[C@@H](C2)N(CCc2ccccc2)CC[C@]314. The van der Waals surface area contributed by atoms with Gasteiger partial charge in [0, 0.05) is 32.5 Å². The quantitative estimate of drug-likeness (QED) is 0.165. The van der Waals surface area contributed by atoms with Gasteiger partial charge in [0.1, 0.15) is 11.7 Å². The van der Waals surface area contributed by atoms with Crippen molar-refractivity contribution >= 4 is 41.0 Å². The van der Waals surface area contributed by atoms with Gasteiger partial charge in [-0.25, -0.2) is 0 Å². The second-order valence-corrected chi connectivity index (χ2v) is 15.5. The summed E-state index contributed by atoms with van der Waals surface area (Å²) in [6.07, 6.45) is 2.96. The highest BCUT2D eigenvalue weighted by molar-refractivity contribution is 6.42. The molecule has 4 aliphatic rings. The second kappa shape index (κ2) is 13.5. The third-order valence-electron chi connectivity index (χ3n) is 11.2. The maximum absolute atomic E-state index is 14.4. The van der Waals surface area contributed by atoms with E-state index >= 15 is 0 Å². The molecular formula is C40H44Cl2N2O6. The summed E-state index contributed by atoms with van der Waals surface area (Å²) < 4.78 is 19.5. The Kier molecular flexibility index (Phi) is 9.42. The minimum Gasteiger partial charge on any atom is -0.483 e. The fourth-order valence-corrected chi connectivity index (χ4v) is 9.83. The van der Waals surface area contributed by atoms with Crippen LogP contribution in [0.3, 0.4) is 0 Å². The van der Waals surface area contributed by atoms with E-state index in [4.69, 9.17) is 37.4 Å². The lowest BCUT2D eigenvalue weighted by Gasteiger charge is -2.65. The third-order valence-corrected chi connectivity index (χ3v) is 12.0. The van der Waals surface area contributed by atoms with Crippen LogP contribution in [0.2, 0.25) is 10.0 Å². The molecule has 7 rings (SSSR count). The van der Waals surface area contributed by atoms with Crippen molar-refractivity contribution in [1.82, 2.24) is 9.80 Å². The predicted octanol–water partition coefficient (Wildman–Crippen LogP) is 6.98. The van der Waals surface area contributed by atoms with Gasteiger partial charge in [-0.1, -0.05) is 79.5 Å². The number of hydrogen-bond donors (Lipinski definition) is 0. The van der Waals surface area contributed by atoms with E-state index in [-0.39, 0.29) is 36.3 Å². The Hall–Kier alpha value is -3.59. The van der Waals surface area contributed by atoms with Crippen LogP contribution in [0, 0.1) is 5.92 Å². The fraction of sp³-hybridized carbons (Fsp3) is 0.475. The zero-order valence-electron chi connectivity index (χ0n) is 29.0. The molecule has 0 radical (unpaired) electrons. The summed E-state index contributed by atoms with van der Waals surface area (Å²) in [5.41, 5.74) is 2.45. The molecule has 2 heterocycles. The van der Waals surface area contributed by atoms with Crippen LogP contribution < -0.4 is 9.47 Å². The van der Waals surface area contributed by atoms with Gasteiger partial charge in [-0.2, -0.15) is 0 Å². The van der Waals surface area contributed by atoms with Crippen LogP contribution in [0.4, 0.5) is 0 Å². The van der Waals surface area contributed by atoms with E-state index in [1.807, 2.05) is 29.2 Å². The van der Waals surface area contributed by atoms with Gasteiger partial charge in [0.2, 0.25) is 5.91 Å². The van der Waals surface area contributed by atoms with Gasteiger partial charge in [-0.3, -0.25) is 19.3 Å². The third kappa shape index (κ3) is 5.87. The first-order chi connectivity index (χ1) is 23.9. The summed E-state index contributed by atoms with van der Waals surface area (Å²) in [6, 6.07) is 19.2. The Balaban J connectivity index is 1.33. The minimum absolute atomic E-state index is 0.0360. The van der Waals surface area contributed by atoms with Gasteiger partial charge in [-0.05, 0) is 79.5 Å². The van der Waals surface area contributed by atoms with Crippen molar-refractivity contribution < 1.29 is 28.6 Å². The average Bonchev–Trinajstić information content (AvgIpc) is 3.42. The number of amides is 1. The van der Waals surface area contributed by atoms with Gasteiger partial charge >= 0.3 is 11.9 Å². The molecule has 1 spiro atoms. The summed E-state index contributed by atoms with van der Waals surface area (Å²) in [5.74, 6) is 0.259. The predicted molar refractivity (Wildman–Crippen MR) is 192 cm³/mol. The smallest absolute Gasteiger partial charge is 0.308 e. The van der Waals surface area contributed by atoms with Crippen LogP contribution in [-0.2, 0) is 43.8 Å². The van der Waals surface area contributed by atoms with E-state index in [0.717, 1.165) is 36.2 Å². The first-order valence-corrected chi connectivity index (χ1v) is 18.4. The van der Waals surface area contributed by atoms with Crippen molar-refractivity contribution in [3.8, 4) is 11.5 Å². The van der Waals surface area contributed by atoms with Crippen molar-refractivity contribution in [3.05, 3.63) is 93.0 Å². The first-order valence-electron chi connectivity index (χ1n) is 17.7. The van der Waals surface area contributed by atoms with Crippen molar-refractivity contribution in [2.24, 2.45) is 5.92 Å². The van der Waals surface area contributed by atoms with Gasteiger partial charge in [-0.15, -0.1) is 0 Å². The van der Waals surface area contributed by atoms with Crippen molar-refractivity contribution in [1.29, 1.82) is 0 Å². The largest absolute Gasteiger partial charge is 0.483 e. The topological polar surface area (TPSA) is 85.4 Å². The van der Waals surface area contributed by atoms with Gasteiger partial charge in [0.15, 0.2) is 11.5 Å². The van der Waals surface area contributed by atoms with Crippen LogP contribution in [-0.4, -0.2) is 71.1 Å². The molecule has 2 fully saturated rings. The van der Waals surface area contributed by atoms with E-state index in [9.17, 15) is 14.4 Å². The Bertz CT molecular complexity index is 1820. The minimum atomic E-state index is -0.904. The Labute approximate surface area is 304 Å². The van der Waals surface area contributed by atoms with E-state index in [2.05, 4.69) is 43.0 Å². The molecule has 1 saturated heterocycles. The molecule has 1 amide bonds. The highest BCUT2D eigenvalue weighted by atomic mass is 35.5. The van der Waals surface area contributed by atoms with Gasteiger partial charge in [0.25, 0.3) is 0 Å². The maximum Gasteiger partial charge on any atom is 0.308 e. The summed E-state index contributed by atoms with van der Waals surface area (Å²) in [5, 5.41) is 0.844. The standard InChI is InChI=1S/C40H44Cl2N2O6/c1-24(2)23-44(35(47)21-28-10-12-30(41)31(42)20-28)32-14-16-40(50-26(4)46)34-22-29-11-13-33(48-25(3)45)37-36(29)39(40,38(32)49-37)17-19-43(34)18-15-27-8-6-5-7-9-27/h5-13,20,24,32,34,38H,14-19,21-23H2,1-4H3/t32-,34-,38+,39+,40-/m1/s1. The van der Waals surface area contributed by atoms with Crippen molar-refractivity contribution in [3.63, 3.8) is 0 Å². The molecule has 5 atom stereocenters. The molecule has 0 unspecified atom stereocenters. The zero-order valence-corrected chi connectivity index (χ0v) is 30.6. The molecule has 8 nitrogen and oxygen atoms in total. The number of benzene rings is 3. The monoisotopic (exact) mass is 718 g/mol. The summed E-state index contributed by atoms with van der Waals surface area (Å²) in [6.45, 7) is 9.19. The number of rotatable bonds is 10. The Morgan fingerprint density at radius 1 is 0.980 bits per heavy atom. The molecule has 2 aliphatic carbocycles. The summed E-state index contributed by atoms with van der Waals surface area (Å²) in [4.78, 5) is 44.4. The number of nitrogens with zero attached hydrogens (tertiary/aromatic N) is 2. The van der Waals surface area contributed by atoms with Crippen LogP contribution in [0.1, 0.15) is 69.2 Å². The molecule has 3 aromatic rings. The average molecular weight is 720 g/mol. The number of ether oxygens (including phenoxy) is 3. The molecule has 0 aromatic heterocycles. The number of halogens is 2. The Morgan fingerprint density at radius 2 is 1.76 bits per heavy atom. The van der Waals surface area contributed by atoms with Crippen LogP contribution in [0.25, 0.3) is 0 Å². The lowest BCUT2D eigenvalue weighted by molar-refractivity contribution is -0.224. The lowest BCUT2D eigenvalue weighted by atomic mass is 9.48. The fourth-order valence-electron chi connectivity index (χ4n) is 9.51. The van der Waals surface area contributed by atoms with Crippen molar-refractivity contribution in [2.75, 3.05) is 19.6 Å². The molecular weight excluding hydrogens is 675 g/mol. The zero-order chi connectivity index (χ0) is 35.4. The van der Waals surface area contributed by atoms with E-state index in [1.54, 1.807) is 12.1 Å². The number of piperidine rings is 1. The Morgan fingerprint density at radius 3 is 2.46 bits per heavy atom. The van der Waals surface area contributed by atoms with E-state index in [1.165, 1.54) is 19.4 Å². The molecule has 2 bridgehead atoms. The number of carbonyl (C=O) groups excluding carboxylic acids is 3. The van der Waals surface area contributed by atoms with Gasteiger partial charge in [0.05, 0.1) is 34.0 Å². The normalized spacial score (nSPS) is 26.2. The van der Waals surface area contributed by atoms with E-state index in [0.29, 0.717) is 53.8 Å². The number of likely N-dealkylation sites (tertiary alicyclic amines) is 1. The number of hydrogen-bond acceptors (Lipinski definition) is 7. The van der Waals surface area contributed by atoms with Crippen LogP contribution in [0.15, 0.2) is 60.7 Å². The maximum atomic E-state index is 14.4. The summed E-state index contributed by atoms with van der Waals surface area (Å²) >= 11 is 12.5. The van der Waals surface area contributed by atoms with Crippen molar-refractivity contribution in [2.45, 2.75) is 95.4 Å². The van der Waals surface area contributed by atoms with E-state index < -0.39 is 23.1 Å². The van der Waals surface area contributed by atoms with Crippen LogP contribution >= 0.6 is 23.2 Å². The molecule has 2 aliphatic heterocycles. The first kappa shape index (κ1) is 34.8. The number of esters is 2. The summed E-state index contributed by atoms with van der Waals surface area (Å²) in [7, 11) is 0. The second-order valence-electron chi connectivity index (χ2n) is 14.7. The lowest BCUT2D eigenvalue weighted by Crippen LogP contribution is -2.79. The molecule has 50 heavy (non-hydrogen) atoms. The highest BCUT2D eigenvalue weighted by Gasteiger charge is 2.75. The van der Waals surface area contributed by atoms with Crippen LogP contribution in [0.5, 0.6) is 11.5 Å². The molecule has 10 heteroatoms. The highest BCUT2D eigenvalue weighted by Crippen LogP contribution is 2.67. The molecule has 264 valence electrons.